The molecule has 0 spiro atoms. The van der Waals surface area contributed by atoms with Gasteiger partial charge in [0.2, 0.25) is 0 Å². The van der Waals surface area contributed by atoms with Crippen LogP contribution in [0.1, 0.15) is 31.9 Å². The van der Waals surface area contributed by atoms with E-state index in [0.29, 0.717) is 13.2 Å². The van der Waals surface area contributed by atoms with Gasteiger partial charge < -0.3 is 29.4 Å². The van der Waals surface area contributed by atoms with Gasteiger partial charge in [0.1, 0.15) is 23.9 Å². The van der Waals surface area contributed by atoms with Gasteiger partial charge >= 0.3 is 6.09 Å². The Bertz CT molecular complexity index is 823. The van der Waals surface area contributed by atoms with E-state index in [2.05, 4.69) is 5.32 Å². The number of benzene rings is 2. The Hall–Kier alpha value is -2.45. The summed E-state index contributed by atoms with van der Waals surface area (Å²) in [6, 6.07) is 19.0. The van der Waals surface area contributed by atoms with E-state index in [9.17, 15) is 9.90 Å². The number of nitrogens with one attached hydrogen (secondary N) is 1. The summed E-state index contributed by atoms with van der Waals surface area (Å²) >= 11 is 0. The van der Waals surface area contributed by atoms with E-state index < -0.39 is 36.0 Å². The third-order valence-corrected chi connectivity index (χ3v) is 4.98. The van der Waals surface area contributed by atoms with E-state index in [-0.39, 0.29) is 13.2 Å². The summed E-state index contributed by atoms with van der Waals surface area (Å²) in [4.78, 5) is 12.3. The highest BCUT2D eigenvalue weighted by Gasteiger charge is 2.43. The minimum Gasteiger partial charge on any atom is -0.444 e. The Morgan fingerprint density at radius 2 is 1.66 bits per heavy atom. The Kier molecular flexibility index (Phi) is 8.64. The average Bonchev–Trinajstić information content (AvgIpc) is 3.10. The molecule has 1 aliphatic heterocycles. The molecule has 0 unspecified atom stereocenters. The number of aliphatic hydroxyl groups is 1. The number of carbonyl (C=O) groups excluding carboxylic acids is 1. The molecular formula is C25H33NO6. The zero-order valence-electron chi connectivity index (χ0n) is 18.9. The molecule has 32 heavy (non-hydrogen) atoms. The van der Waals surface area contributed by atoms with Crippen LogP contribution in [0.5, 0.6) is 0 Å². The summed E-state index contributed by atoms with van der Waals surface area (Å²) in [7, 11) is 0. The Balaban J connectivity index is 1.66. The van der Waals surface area contributed by atoms with Crippen molar-refractivity contribution < 1.29 is 28.8 Å². The minimum absolute atomic E-state index is 0.0923. The Labute approximate surface area is 189 Å². The average molecular weight is 444 g/mol. The predicted molar refractivity (Wildman–Crippen MR) is 120 cm³/mol. The summed E-state index contributed by atoms with van der Waals surface area (Å²) in [5.74, 6) is 0. The quantitative estimate of drug-likeness (QED) is 0.618. The number of amides is 1. The van der Waals surface area contributed by atoms with Gasteiger partial charge in [0, 0.05) is 0 Å². The van der Waals surface area contributed by atoms with E-state index in [1.807, 2.05) is 60.7 Å². The highest BCUT2D eigenvalue weighted by Crippen LogP contribution is 2.22. The van der Waals surface area contributed by atoms with Crippen LogP contribution >= 0.6 is 0 Å². The lowest BCUT2D eigenvalue weighted by Crippen LogP contribution is -2.53. The molecule has 0 bridgehead atoms. The van der Waals surface area contributed by atoms with Crippen molar-refractivity contribution in [2.75, 3.05) is 13.2 Å². The van der Waals surface area contributed by atoms with Gasteiger partial charge in [-0.25, -0.2) is 4.79 Å². The number of hydrogen-bond acceptors (Lipinski definition) is 6. The molecule has 1 fully saturated rings. The van der Waals surface area contributed by atoms with Crippen LogP contribution in [-0.4, -0.2) is 54.4 Å². The van der Waals surface area contributed by atoms with Crippen LogP contribution < -0.4 is 5.32 Å². The topological polar surface area (TPSA) is 86.3 Å². The van der Waals surface area contributed by atoms with Crippen LogP contribution in [0.2, 0.25) is 0 Å². The number of ether oxygens (including phenoxy) is 4. The lowest BCUT2D eigenvalue weighted by Gasteiger charge is -2.30. The third-order valence-electron chi connectivity index (χ3n) is 4.98. The highest BCUT2D eigenvalue weighted by atomic mass is 16.6. The second kappa shape index (κ2) is 11.4. The van der Waals surface area contributed by atoms with Crippen molar-refractivity contribution in [2.24, 2.45) is 0 Å². The highest BCUT2D eigenvalue weighted by molar-refractivity contribution is 5.68. The first-order chi connectivity index (χ1) is 15.3. The first-order valence-electron chi connectivity index (χ1n) is 10.9. The fraction of sp³-hybridized carbons (Fsp3) is 0.480. The summed E-state index contributed by atoms with van der Waals surface area (Å²) < 4.78 is 23.3. The monoisotopic (exact) mass is 443 g/mol. The van der Waals surface area contributed by atoms with Gasteiger partial charge in [-0.2, -0.15) is 0 Å². The second-order valence-corrected chi connectivity index (χ2v) is 8.87. The SMILES string of the molecule is CC(C)(C)OC(=O)N[C@H]1[C@@H]([C@@H](COCc2ccccc2)OCc2ccccc2)OC[C@@H]1O. The molecule has 0 aromatic heterocycles. The fourth-order valence-electron chi connectivity index (χ4n) is 3.48. The second-order valence-electron chi connectivity index (χ2n) is 8.87. The van der Waals surface area contributed by atoms with Gasteiger partial charge in [-0.15, -0.1) is 0 Å². The molecule has 1 heterocycles. The number of aliphatic hydroxyl groups excluding tert-OH is 1. The summed E-state index contributed by atoms with van der Waals surface area (Å²) in [6.45, 7) is 6.47. The molecule has 1 amide bonds. The van der Waals surface area contributed by atoms with Crippen LogP contribution in [-0.2, 0) is 32.2 Å². The van der Waals surface area contributed by atoms with Gasteiger partial charge in [-0.3, -0.25) is 0 Å². The first-order valence-corrected chi connectivity index (χ1v) is 10.9. The zero-order chi connectivity index (χ0) is 23.0. The van der Waals surface area contributed by atoms with Crippen LogP contribution in [0.15, 0.2) is 60.7 Å². The van der Waals surface area contributed by atoms with E-state index >= 15 is 0 Å². The van der Waals surface area contributed by atoms with E-state index in [1.54, 1.807) is 20.8 Å². The van der Waals surface area contributed by atoms with Crippen LogP contribution in [0.3, 0.4) is 0 Å². The molecule has 2 N–H and O–H groups in total. The lowest BCUT2D eigenvalue weighted by atomic mass is 10.0. The molecule has 2 aromatic rings. The molecule has 7 nitrogen and oxygen atoms in total. The van der Waals surface area contributed by atoms with Crippen molar-refractivity contribution in [3.05, 3.63) is 71.8 Å². The van der Waals surface area contributed by atoms with Crippen LogP contribution in [0.25, 0.3) is 0 Å². The number of alkyl carbamates (subject to hydrolysis) is 1. The van der Waals surface area contributed by atoms with Gasteiger partial charge in [-0.05, 0) is 31.9 Å². The first kappa shape index (κ1) is 24.2. The van der Waals surface area contributed by atoms with Crippen molar-refractivity contribution in [2.45, 2.75) is 63.9 Å². The largest absolute Gasteiger partial charge is 0.444 e. The summed E-state index contributed by atoms with van der Waals surface area (Å²) in [5, 5.41) is 13.2. The predicted octanol–water partition coefficient (Wildman–Crippen LogP) is 3.44. The minimum atomic E-state index is -0.871. The van der Waals surface area contributed by atoms with E-state index in [1.165, 1.54) is 0 Å². The van der Waals surface area contributed by atoms with Gasteiger partial charge in [-0.1, -0.05) is 60.7 Å². The molecule has 0 saturated carbocycles. The normalized spacial score (nSPS) is 21.8. The number of carbonyl (C=O) groups is 1. The van der Waals surface area contributed by atoms with Gasteiger partial charge in [0.15, 0.2) is 0 Å². The van der Waals surface area contributed by atoms with Crippen molar-refractivity contribution in [3.8, 4) is 0 Å². The van der Waals surface area contributed by atoms with E-state index in [0.717, 1.165) is 11.1 Å². The Morgan fingerprint density at radius 1 is 1.06 bits per heavy atom. The smallest absolute Gasteiger partial charge is 0.408 e. The van der Waals surface area contributed by atoms with Gasteiger partial charge in [0.05, 0.1) is 32.5 Å². The fourth-order valence-corrected chi connectivity index (χ4v) is 3.48. The molecule has 3 rings (SSSR count). The standard InChI is InChI=1S/C25H33NO6/c1-25(2,3)32-24(28)26-22-20(27)16-31-23(22)21(30-15-19-12-8-5-9-13-19)17-29-14-18-10-6-4-7-11-18/h4-13,20-23,27H,14-17H2,1-3H3,(H,26,28)/t20-,21+,22+,23+/m0/s1. The van der Waals surface area contributed by atoms with E-state index in [4.69, 9.17) is 18.9 Å². The molecule has 174 valence electrons. The molecule has 1 aliphatic rings. The molecule has 0 radical (unpaired) electrons. The summed E-state index contributed by atoms with van der Waals surface area (Å²) in [6.07, 6.45) is -2.57. The zero-order valence-corrected chi connectivity index (χ0v) is 18.9. The molecule has 7 heteroatoms. The maximum Gasteiger partial charge on any atom is 0.408 e. The van der Waals surface area contributed by atoms with Crippen LogP contribution in [0, 0.1) is 0 Å². The maximum atomic E-state index is 12.3. The number of hydrogen-bond donors (Lipinski definition) is 2. The molecule has 1 saturated heterocycles. The third kappa shape index (κ3) is 7.60. The van der Waals surface area contributed by atoms with Crippen molar-refractivity contribution >= 4 is 6.09 Å². The van der Waals surface area contributed by atoms with Crippen molar-refractivity contribution in [1.82, 2.24) is 5.32 Å². The molecule has 2 aromatic carbocycles. The molecular weight excluding hydrogens is 410 g/mol. The lowest BCUT2D eigenvalue weighted by molar-refractivity contribution is -0.100. The maximum absolute atomic E-state index is 12.3. The summed E-state index contributed by atoms with van der Waals surface area (Å²) in [5.41, 5.74) is 1.41. The Morgan fingerprint density at radius 3 is 2.25 bits per heavy atom. The van der Waals surface area contributed by atoms with Gasteiger partial charge in [0.25, 0.3) is 0 Å². The van der Waals surface area contributed by atoms with Crippen LogP contribution in [0.4, 0.5) is 4.79 Å². The molecule has 0 aliphatic carbocycles. The molecule has 4 atom stereocenters. The van der Waals surface area contributed by atoms with Crippen molar-refractivity contribution in [3.63, 3.8) is 0 Å². The van der Waals surface area contributed by atoms with Crippen molar-refractivity contribution in [1.29, 1.82) is 0 Å². The number of rotatable bonds is 9.